The third-order valence-corrected chi connectivity index (χ3v) is 7.20. The molecule has 11 heteroatoms. The van der Waals surface area contributed by atoms with E-state index in [1.54, 1.807) is 24.3 Å². The van der Waals surface area contributed by atoms with Crippen LogP contribution in [-0.2, 0) is 6.18 Å². The van der Waals surface area contributed by atoms with Crippen molar-refractivity contribution in [3.05, 3.63) is 70.9 Å². The van der Waals surface area contributed by atoms with E-state index in [-0.39, 0.29) is 33.2 Å². The topological polar surface area (TPSA) is 80.8 Å². The van der Waals surface area contributed by atoms with Gasteiger partial charge < -0.3 is 19.7 Å². The highest BCUT2D eigenvalue weighted by molar-refractivity contribution is 6.32. The second kappa shape index (κ2) is 10.3. The van der Waals surface area contributed by atoms with Gasteiger partial charge in [-0.1, -0.05) is 11.6 Å². The Labute approximate surface area is 221 Å². The Hall–Kier alpha value is -3.63. The van der Waals surface area contributed by atoms with Crippen molar-refractivity contribution in [3.63, 3.8) is 0 Å². The Bertz CT molecular complexity index is 1350. The highest BCUT2D eigenvalue weighted by Crippen LogP contribution is 2.40. The number of hydrogen-bond acceptors (Lipinski definition) is 6. The van der Waals surface area contributed by atoms with Gasteiger partial charge in [0.15, 0.2) is 5.75 Å². The van der Waals surface area contributed by atoms with E-state index in [4.69, 9.17) is 21.1 Å². The molecule has 1 N–H and O–H groups in total. The number of hydrogen-bond donors (Lipinski definition) is 1. The van der Waals surface area contributed by atoms with Gasteiger partial charge in [0, 0.05) is 37.3 Å². The molecule has 1 amide bonds. The molecule has 7 nitrogen and oxygen atoms in total. The van der Waals surface area contributed by atoms with Gasteiger partial charge in [-0.25, -0.2) is 4.79 Å². The monoisotopic (exact) mass is 545 g/mol. The number of aromatic nitrogens is 1. The molecule has 1 aromatic heterocycles. The molecule has 3 heterocycles. The summed E-state index contributed by atoms with van der Waals surface area (Å²) < 4.78 is 52.9. The standard InChI is InChI=1S/C27H23ClF3N3O4/c28-22-11-18(3-6-23(22)37-19-4-1-17(14-35)2-5-19)24-21(27(29,30)31)12-20(13-33-24)38-25(36)34-9-7-26(8-10-34)15-32-16-26/h1-6,11-14,32H,7-10,15-16H2. The van der Waals surface area contributed by atoms with Gasteiger partial charge in [-0.2, -0.15) is 13.2 Å². The highest BCUT2D eigenvalue weighted by atomic mass is 35.5. The number of carbonyl (C=O) groups is 2. The van der Waals surface area contributed by atoms with Crippen molar-refractivity contribution in [1.29, 1.82) is 0 Å². The van der Waals surface area contributed by atoms with Crippen LogP contribution in [0.3, 0.4) is 0 Å². The lowest BCUT2D eigenvalue weighted by Crippen LogP contribution is -2.59. The van der Waals surface area contributed by atoms with Crippen LogP contribution in [0.15, 0.2) is 54.7 Å². The van der Waals surface area contributed by atoms with Crippen LogP contribution in [0.1, 0.15) is 28.8 Å². The largest absolute Gasteiger partial charge is 0.456 e. The molecule has 198 valence electrons. The van der Waals surface area contributed by atoms with Gasteiger partial charge in [-0.3, -0.25) is 9.78 Å². The number of aldehydes is 1. The average molecular weight is 546 g/mol. The van der Waals surface area contributed by atoms with Crippen molar-refractivity contribution in [2.24, 2.45) is 5.41 Å². The zero-order chi connectivity index (χ0) is 26.9. The molecule has 3 aromatic rings. The molecule has 5 rings (SSSR count). The van der Waals surface area contributed by atoms with Crippen LogP contribution in [0.2, 0.25) is 5.02 Å². The van der Waals surface area contributed by atoms with Crippen molar-refractivity contribution in [2.75, 3.05) is 26.2 Å². The van der Waals surface area contributed by atoms with Crippen LogP contribution in [0, 0.1) is 5.41 Å². The number of halogens is 4. The lowest BCUT2D eigenvalue weighted by atomic mass is 9.73. The molecular weight excluding hydrogens is 523 g/mol. The van der Waals surface area contributed by atoms with Crippen molar-refractivity contribution in [2.45, 2.75) is 19.0 Å². The number of nitrogens with zero attached hydrogens (tertiary/aromatic N) is 2. The fourth-order valence-electron chi connectivity index (χ4n) is 4.58. The lowest BCUT2D eigenvalue weighted by molar-refractivity contribution is -0.137. The van der Waals surface area contributed by atoms with Crippen LogP contribution in [-0.4, -0.2) is 48.4 Å². The summed E-state index contributed by atoms with van der Waals surface area (Å²) in [5, 5.41) is 3.31. The van der Waals surface area contributed by atoms with Crippen molar-refractivity contribution >= 4 is 24.0 Å². The molecule has 0 atom stereocenters. The van der Waals surface area contributed by atoms with E-state index in [9.17, 15) is 22.8 Å². The summed E-state index contributed by atoms with van der Waals surface area (Å²) in [6.45, 7) is 2.82. The maximum atomic E-state index is 14.0. The normalized spacial score (nSPS) is 16.6. The minimum absolute atomic E-state index is 0.0666. The van der Waals surface area contributed by atoms with Crippen LogP contribution in [0.25, 0.3) is 11.3 Å². The molecule has 0 aliphatic carbocycles. The first kappa shape index (κ1) is 26.0. The van der Waals surface area contributed by atoms with E-state index in [2.05, 4.69) is 10.3 Å². The van der Waals surface area contributed by atoms with Gasteiger partial charge in [0.2, 0.25) is 0 Å². The number of ether oxygens (including phenoxy) is 2. The molecule has 1 spiro atoms. The molecule has 2 aliphatic heterocycles. The Kier molecular flexibility index (Phi) is 7.02. The van der Waals surface area contributed by atoms with E-state index in [1.807, 2.05) is 0 Å². The Morgan fingerprint density at radius 2 is 1.76 bits per heavy atom. The maximum absolute atomic E-state index is 14.0. The lowest BCUT2D eigenvalue weighted by Gasteiger charge is -2.47. The fourth-order valence-corrected chi connectivity index (χ4v) is 4.80. The summed E-state index contributed by atoms with van der Waals surface area (Å²) in [7, 11) is 0. The summed E-state index contributed by atoms with van der Waals surface area (Å²) in [4.78, 5) is 28.9. The number of alkyl halides is 3. The van der Waals surface area contributed by atoms with Gasteiger partial charge in [-0.15, -0.1) is 0 Å². The van der Waals surface area contributed by atoms with Crippen LogP contribution in [0.4, 0.5) is 18.0 Å². The van der Waals surface area contributed by atoms with Gasteiger partial charge in [-0.05, 0) is 66.8 Å². The highest BCUT2D eigenvalue weighted by Gasteiger charge is 2.41. The summed E-state index contributed by atoms with van der Waals surface area (Å²) in [6, 6.07) is 11.2. The predicted molar refractivity (Wildman–Crippen MR) is 134 cm³/mol. The van der Waals surface area contributed by atoms with E-state index >= 15 is 0 Å². The Morgan fingerprint density at radius 1 is 1.05 bits per heavy atom. The summed E-state index contributed by atoms with van der Waals surface area (Å²) in [6.07, 6.45) is -2.02. The van der Waals surface area contributed by atoms with Crippen LogP contribution in [0.5, 0.6) is 17.2 Å². The molecule has 0 bridgehead atoms. The fraction of sp³-hybridized carbons (Fsp3) is 0.296. The first-order chi connectivity index (χ1) is 18.2. The molecule has 0 unspecified atom stereocenters. The number of nitrogens with one attached hydrogen (secondary N) is 1. The Balaban J connectivity index is 1.33. The summed E-state index contributed by atoms with van der Waals surface area (Å²) in [5.74, 6) is 0.328. The SMILES string of the molecule is O=Cc1ccc(Oc2ccc(-c3ncc(OC(=O)N4CCC5(CC4)CNC5)cc3C(F)(F)F)cc2Cl)cc1. The number of benzene rings is 2. The van der Waals surface area contributed by atoms with Gasteiger partial charge in [0.05, 0.1) is 22.5 Å². The van der Waals surface area contributed by atoms with Gasteiger partial charge >= 0.3 is 12.3 Å². The quantitative estimate of drug-likeness (QED) is 0.384. The van der Waals surface area contributed by atoms with Crippen molar-refractivity contribution < 1.29 is 32.2 Å². The number of rotatable bonds is 5. The molecule has 2 fully saturated rings. The maximum Gasteiger partial charge on any atom is 0.418 e. The first-order valence-corrected chi connectivity index (χ1v) is 12.3. The second-order valence-electron chi connectivity index (χ2n) is 9.46. The summed E-state index contributed by atoms with van der Waals surface area (Å²) >= 11 is 6.31. The van der Waals surface area contributed by atoms with Gasteiger partial charge in [0.1, 0.15) is 17.8 Å². The zero-order valence-corrected chi connectivity index (χ0v) is 20.8. The van der Waals surface area contributed by atoms with E-state index in [0.717, 1.165) is 38.2 Å². The average Bonchev–Trinajstić information content (AvgIpc) is 2.89. The third-order valence-electron chi connectivity index (χ3n) is 6.90. The molecular formula is C27H23ClF3N3O4. The number of pyridine rings is 1. The second-order valence-corrected chi connectivity index (χ2v) is 9.86. The number of carbonyl (C=O) groups excluding carboxylic acids is 2. The predicted octanol–water partition coefficient (Wildman–Crippen LogP) is 6.21. The van der Waals surface area contributed by atoms with Crippen LogP contribution >= 0.6 is 11.6 Å². The van der Waals surface area contributed by atoms with Crippen molar-refractivity contribution in [1.82, 2.24) is 15.2 Å². The molecule has 0 radical (unpaired) electrons. The Morgan fingerprint density at radius 3 is 2.34 bits per heavy atom. The number of likely N-dealkylation sites (tertiary alicyclic amines) is 1. The number of piperidine rings is 1. The molecule has 2 saturated heterocycles. The minimum Gasteiger partial charge on any atom is -0.456 e. The number of amides is 1. The van der Waals surface area contributed by atoms with E-state index < -0.39 is 17.8 Å². The van der Waals surface area contributed by atoms with Gasteiger partial charge in [0.25, 0.3) is 0 Å². The zero-order valence-electron chi connectivity index (χ0n) is 20.1. The molecule has 2 aromatic carbocycles. The smallest absolute Gasteiger partial charge is 0.418 e. The van der Waals surface area contributed by atoms with E-state index in [1.165, 1.54) is 23.1 Å². The van der Waals surface area contributed by atoms with Crippen molar-refractivity contribution in [3.8, 4) is 28.5 Å². The minimum atomic E-state index is -4.76. The van der Waals surface area contributed by atoms with Crippen LogP contribution < -0.4 is 14.8 Å². The third kappa shape index (κ3) is 5.46. The molecule has 38 heavy (non-hydrogen) atoms. The summed E-state index contributed by atoms with van der Waals surface area (Å²) in [5.41, 5.74) is -0.631. The van der Waals surface area contributed by atoms with E-state index in [0.29, 0.717) is 30.7 Å². The first-order valence-electron chi connectivity index (χ1n) is 11.9. The molecule has 0 saturated carbocycles. The molecule has 2 aliphatic rings.